The topological polar surface area (TPSA) is 49.6 Å². The number of aromatic nitrogens is 2. The first-order valence-electron chi connectivity index (χ1n) is 5.59. The Morgan fingerprint density at radius 2 is 1.89 bits per heavy atom. The summed E-state index contributed by atoms with van der Waals surface area (Å²) in [5.74, 6) is 0. The van der Waals surface area contributed by atoms with E-state index in [-0.39, 0.29) is 0 Å². The summed E-state index contributed by atoms with van der Waals surface area (Å²) in [5.41, 5.74) is 3.21. The maximum Gasteiger partial charge on any atom is 0.0991 e. The van der Waals surface area contributed by atoms with Crippen LogP contribution in [0.5, 0.6) is 0 Å². The summed E-state index contributed by atoms with van der Waals surface area (Å²) in [6.45, 7) is 0. The van der Waals surface area contributed by atoms with Crippen molar-refractivity contribution in [2.24, 2.45) is 0 Å². The summed E-state index contributed by atoms with van der Waals surface area (Å²) in [4.78, 5) is 8.75. The molecule has 0 spiro atoms. The van der Waals surface area contributed by atoms with E-state index < -0.39 is 0 Å². The van der Waals surface area contributed by atoms with Gasteiger partial charge in [0.2, 0.25) is 0 Å². The molecule has 0 N–H and O–H groups in total. The van der Waals surface area contributed by atoms with E-state index in [1.54, 1.807) is 18.5 Å². The highest BCUT2D eigenvalue weighted by atomic mass is 14.7. The smallest absolute Gasteiger partial charge is 0.0991 e. The molecular weight excluding hydrogens is 222 g/mol. The fourth-order valence-electron chi connectivity index (χ4n) is 1.95. The third kappa shape index (κ3) is 1.70. The molecule has 2 heterocycles. The molecule has 0 atom stereocenters. The maximum absolute atomic E-state index is 8.94. The largest absolute Gasteiger partial charge is 0.254 e. The SMILES string of the molecule is N#Cc1cccc(-c2nccc3cccnc23)c1. The molecular formula is C15H9N3. The van der Waals surface area contributed by atoms with Crippen molar-refractivity contribution in [3.05, 3.63) is 60.4 Å². The summed E-state index contributed by atoms with van der Waals surface area (Å²) in [6.07, 6.45) is 3.51. The number of fused-ring (bicyclic) bond motifs is 1. The molecule has 0 unspecified atom stereocenters. The second-order valence-electron chi connectivity index (χ2n) is 3.93. The lowest BCUT2D eigenvalue weighted by Gasteiger charge is -2.04. The van der Waals surface area contributed by atoms with Crippen molar-refractivity contribution in [1.82, 2.24) is 9.97 Å². The number of nitriles is 1. The van der Waals surface area contributed by atoms with Crippen molar-refractivity contribution >= 4 is 10.9 Å². The number of pyridine rings is 2. The van der Waals surface area contributed by atoms with Gasteiger partial charge in [-0.15, -0.1) is 0 Å². The number of hydrogen-bond donors (Lipinski definition) is 0. The average molecular weight is 231 g/mol. The Morgan fingerprint density at radius 3 is 2.78 bits per heavy atom. The Hall–Kier alpha value is -2.73. The lowest BCUT2D eigenvalue weighted by atomic mass is 10.1. The van der Waals surface area contributed by atoms with E-state index in [9.17, 15) is 0 Å². The van der Waals surface area contributed by atoms with Crippen LogP contribution < -0.4 is 0 Å². The summed E-state index contributed by atoms with van der Waals surface area (Å²) in [6, 6.07) is 15.4. The van der Waals surface area contributed by atoms with Gasteiger partial charge in [-0.25, -0.2) is 0 Å². The molecule has 2 aromatic heterocycles. The van der Waals surface area contributed by atoms with E-state index in [0.717, 1.165) is 22.2 Å². The predicted molar refractivity (Wildman–Crippen MR) is 69.7 cm³/mol. The van der Waals surface area contributed by atoms with Crippen molar-refractivity contribution in [2.75, 3.05) is 0 Å². The Labute approximate surface area is 104 Å². The molecule has 84 valence electrons. The molecule has 0 aliphatic rings. The molecule has 0 aliphatic heterocycles. The van der Waals surface area contributed by atoms with Gasteiger partial charge in [-0.1, -0.05) is 18.2 Å². The van der Waals surface area contributed by atoms with Crippen LogP contribution in [0.4, 0.5) is 0 Å². The standard InChI is InChI=1S/C15H9N3/c16-10-11-3-1-4-13(9-11)15-14-12(6-8-18-15)5-2-7-17-14/h1-9H. The van der Waals surface area contributed by atoms with Gasteiger partial charge in [0.1, 0.15) is 0 Å². The maximum atomic E-state index is 8.94. The summed E-state index contributed by atoms with van der Waals surface area (Å²) < 4.78 is 0. The molecule has 3 rings (SSSR count). The van der Waals surface area contributed by atoms with Crippen molar-refractivity contribution in [3.8, 4) is 17.3 Å². The van der Waals surface area contributed by atoms with Gasteiger partial charge in [0, 0.05) is 23.3 Å². The van der Waals surface area contributed by atoms with E-state index >= 15 is 0 Å². The van der Waals surface area contributed by atoms with Gasteiger partial charge >= 0.3 is 0 Å². The van der Waals surface area contributed by atoms with Gasteiger partial charge in [-0.3, -0.25) is 9.97 Å². The van der Waals surface area contributed by atoms with Gasteiger partial charge < -0.3 is 0 Å². The predicted octanol–water partition coefficient (Wildman–Crippen LogP) is 3.17. The second kappa shape index (κ2) is 4.27. The lowest BCUT2D eigenvalue weighted by Crippen LogP contribution is -1.88. The fraction of sp³-hybridized carbons (Fsp3) is 0. The molecule has 0 saturated heterocycles. The zero-order chi connectivity index (χ0) is 12.4. The molecule has 0 bridgehead atoms. The third-order valence-electron chi connectivity index (χ3n) is 2.79. The molecule has 0 radical (unpaired) electrons. The molecule has 0 saturated carbocycles. The number of nitrogens with zero attached hydrogens (tertiary/aromatic N) is 3. The second-order valence-corrected chi connectivity index (χ2v) is 3.93. The van der Waals surface area contributed by atoms with Gasteiger partial charge in [0.15, 0.2) is 0 Å². The molecule has 3 nitrogen and oxygen atoms in total. The van der Waals surface area contributed by atoms with Crippen molar-refractivity contribution < 1.29 is 0 Å². The van der Waals surface area contributed by atoms with Crippen molar-refractivity contribution in [2.45, 2.75) is 0 Å². The minimum Gasteiger partial charge on any atom is -0.254 e. The highest BCUT2D eigenvalue weighted by molar-refractivity contribution is 5.91. The first-order valence-corrected chi connectivity index (χ1v) is 5.59. The van der Waals surface area contributed by atoms with Crippen LogP contribution in [-0.2, 0) is 0 Å². The molecule has 0 fully saturated rings. The summed E-state index contributed by atoms with van der Waals surface area (Å²) >= 11 is 0. The first kappa shape index (κ1) is 10.4. The Bertz CT molecular complexity index is 752. The average Bonchev–Trinajstić information content (AvgIpc) is 2.47. The van der Waals surface area contributed by atoms with Crippen LogP contribution in [-0.4, -0.2) is 9.97 Å². The molecule has 3 aromatic rings. The van der Waals surface area contributed by atoms with Gasteiger partial charge in [0.25, 0.3) is 0 Å². The quantitative estimate of drug-likeness (QED) is 0.646. The molecule has 18 heavy (non-hydrogen) atoms. The van der Waals surface area contributed by atoms with Crippen LogP contribution in [0.1, 0.15) is 5.56 Å². The van der Waals surface area contributed by atoms with Crippen LogP contribution in [0, 0.1) is 11.3 Å². The van der Waals surface area contributed by atoms with Crippen LogP contribution >= 0.6 is 0 Å². The monoisotopic (exact) mass is 231 g/mol. The van der Waals surface area contributed by atoms with E-state index in [1.165, 1.54) is 0 Å². The van der Waals surface area contributed by atoms with Gasteiger partial charge in [-0.2, -0.15) is 5.26 Å². The van der Waals surface area contributed by atoms with E-state index in [1.807, 2.05) is 36.4 Å². The summed E-state index contributed by atoms with van der Waals surface area (Å²) in [5, 5.41) is 9.98. The Balaban J connectivity index is 2.28. The number of rotatable bonds is 1. The van der Waals surface area contributed by atoms with Crippen LogP contribution in [0.15, 0.2) is 54.9 Å². The normalized spacial score (nSPS) is 10.2. The van der Waals surface area contributed by atoms with E-state index in [2.05, 4.69) is 16.0 Å². The third-order valence-corrected chi connectivity index (χ3v) is 2.79. The Kier molecular flexibility index (Phi) is 2.47. The number of hydrogen-bond acceptors (Lipinski definition) is 3. The molecule has 1 aromatic carbocycles. The van der Waals surface area contributed by atoms with E-state index in [0.29, 0.717) is 5.56 Å². The van der Waals surface area contributed by atoms with Gasteiger partial charge in [-0.05, 0) is 24.3 Å². The molecule has 0 amide bonds. The first-order chi connectivity index (χ1) is 8.88. The zero-order valence-electron chi connectivity index (χ0n) is 9.54. The highest BCUT2D eigenvalue weighted by Gasteiger charge is 2.06. The minimum absolute atomic E-state index is 0.627. The minimum atomic E-state index is 0.627. The number of benzene rings is 1. The Morgan fingerprint density at radius 1 is 0.944 bits per heavy atom. The molecule has 3 heteroatoms. The summed E-state index contributed by atoms with van der Waals surface area (Å²) in [7, 11) is 0. The zero-order valence-corrected chi connectivity index (χ0v) is 9.54. The van der Waals surface area contributed by atoms with Crippen LogP contribution in [0.2, 0.25) is 0 Å². The van der Waals surface area contributed by atoms with Crippen LogP contribution in [0.3, 0.4) is 0 Å². The lowest BCUT2D eigenvalue weighted by molar-refractivity contribution is 1.31. The van der Waals surface area contributed by atoms with Gasteiger partial charge in [0.05, 0.1) is 22.8 Å². The van der Waals surface area contributed by atoms with Crippen molar-refractivity contribution in [3.63, 3.8) is 0 Å². The molecule has 0 aliphatic carbocycles. The highest BCUT2D eigenvalue weighted by Crippen LogP contribution is 2.24. The van der Waals surface area contributed by atoms with Crippen LogP contribution in [0.25, 0.3) is 22.2 Å². The van der Waals surface area contributed by atoms with Crippen molar-refractivity contribution in [1.29, 1.82) is 5.26 Å². The van der Waals surface area contributed by atoms with E-state index in [4.69, 9.17) is 5.26 Å². The fourth-order valence-corrected chi connectivity index (χ4v) is 1.95.